The zero-order chi connectivity index (χ0) is 26.0. The van der Waals surface area contributed by atoms with Gasteiger partial charge in [-0.1, -0.05) is 30.9 Å². The summed E-state index contributed by atoms with van der Waals surface area (Å²) in [5.74, 6) is 0.438. The van der Waals surface area contributed by atoms with Crippen molar-refractivity contribution >= 4 is 28.4 Å². The lowest BCUT2D eigenvalue weighted by atomic mass is 9.76. The van der Waals surface area contributed by atoms with E-state index in [4.69, 9.17) is 0 Å². The number of nitrogens with one attached hydrogen (secondary N) is 1. The minimum absolute atomic E-state index is 0.0794. The number of ketones is 2. The second kappa shape index (κ2) is 11.3. The molecule has 1 N–H and O–H groups in total. The van der Waals surface area contributed by atoms with Gasteiger partial charge in [0.15, 0.2) is 5.78 Å². The van der Waals surface area contributed by atoms with Crippen molar-refractivity contribution in [2.45, 2.75) is 97.7 Å². The number of hydrogen-bond acceptors (Lipinski definition) is 4. The zero-order valence-corrected chi connectivity index (χ0v) is 22.7. The smallest absolute Gasteiger partial charge is 0.226 e. The molecule has 2 aliphatic rings. The Labute approximate surface area is 215 Å². The Morgan fingerprint density at radius 2 is 1.78 bits per heavy atom. The molecule has 2 fully saturated rings. The molecule has 36 heavy (non-hydrogen) atoms. The predicted molar refractivity (Wildman–Crippen MR) is 144 cm³/mol. The number of carbonyl (C=O) groups excluding carboxylic acids is 3. The molecule has 196 valence electrons. The average Bonchev–Trinajstić information content (AvgIpc) is 3.44. The van der Waals surface area contributed by atoms with E-state index in [0.29, 0.717) is 18.9 Å². The van der Waals surface area contributed by atoms with Crippen molar-refractivity contribution in [1.82, 2.24) is 14.8 Å². The molecule has 1 aliphatic carbocycles. The number of Topliss-reactive ketones (excluding diaryl/α,β-unsaturated/α-hetero) is 2. The van der Waals surface area contributed by atoms with Crippen LogP contribution in [0.2, 0.25) is 0 Å². The SMILES string of the molecule is CN[C@@H](C)C(=O)C[C@H](C(=O)N1CCC[C@H]1Cn1c(C)c(C(C)=O)c2cc(C)ccc21)C1CCCCC1. The van der Waals surface area contributed by atoms with Crippen LogP contribution < -0.4 is 5.32 Å². The van der Waals surface area contributed by atoms with Crippen molar-refractivity contribution in [2.75, 3.05) is 13.6 Å². The van der Waals surface area contributed by atoms with E-state index in [1.54, 1.807) is 14.0 Å². The molecule has 0 bridgehead atoms. The zero-order valence-electron chi connectivity index (χ0n) is 22.7. The Kier molecular flexibility index (Phi) is 8.34. The average molecular weight is 494 g/mol. The maximum Gasteiger partial charge on any atom is 0.226 e. The van der Waals surface area contributed by atoms with E-state index in [1.807, 2.05) is 13.8 Å². The number of rotatable bonds is 9. The van der Waals surface area contributed by atoms with Crippen LogP contribution in [0.3, 0.4) is 0 Å². The van der Waals surface area contributed by atoms with Gasteiger partial charge in [-0.2, -0.15) is 0 Å². The van der Waals surface area contributed by atoms with Gasteiger partial charge in [-0.25, -0.2) is 0 Å². The van der Waals surface area contributed by atoms with Gasteiger partial charge in [0.25, 0.3) is 0 Å². The van der Waals surface area contributed by atoms with Crippen LogP contribution in [0.1, 0.15) is 86.8 Å². The Bertz CT molecular complexity index is 1130. The number of nitrogens with zero attached hydrogens (tertiary/aromatic N) is 2. The highest BCUT2D eigenvalue weighted by Gasteiger charge is 2.39. The molecule has 2 heterocycles. The third-order valence-electron chi connectivity index (χ3n) is 8.76. The highest BCUT2D eigenvalue weighted by atomic mass is 16.2. The maximum atomic E-state index is 14.1. The molecule has 4 rings (SSSR count). The molecule has 1 saturated carbocycles. The number of benzene rings is 1. The molecule has 0 unspecified atom stereocenters. The van der Waals surface area contributed by atoms with Crippen LogP contribution in [0.4, 0.5) is 0 Å². The standard InChI is InChI=1S/C30H43N3O3/c1-19-13-14-27-26(16-19)29(22(4)34)21(3)33(27)18-24-12-9-15-32(24)30(36)25(17-28(35)20(2)31-5)23-10-7-6-8-11-23/h13-14,16,20,23-25,31H,6-12,15,17-18H2,1-5H3/t20-,24-,25-/m0/s1. The summed E-state index contributed by atoms with van der Waals surface area (Å²) in [7, 11) is 1.80. The lowest BCUT2D eigenvalue weighted by molar-refractivity contribution is -0.141. The summed E-state index contributed by atoms with van der Waals surface area (Å²) in [5, 5.41) is 4.06. The normalized spacial score (nSPS) is 20.6. The van der Waals surface area contributed by atoms with Gasteiger partial charge in [-0.05, 0) is 78.5 Å². The van der Waals surface area contributed by atoms with Gasteiger partial charge in [0.2, 0.25) is 5.91 Å². The van der Waals surface area contributed by atoms with Gasteiger partial charge in [-0.15, -0.1) is 0 Å². The van der Waals surface area contributed by atoms with Crippen molar-refractivity contribution < 1.29 is 14.4 Å². The predicted octanol–water partition coefficient (Wildman–Crippen LogP) is 5.22. The van der Waals surface area contributed by atoms with Gasteiger partial charge < -0.3 is 14.8 Å². The third-order valence-corrected chi connectivity index (χ3v) is 8.76. The number of hydrogen-bond donors (Lipinski definition) is 1. The molecule has 1 aromatic carbocycles. The monoisotopic (exact) mass is 493 g/mol. The van der Waals surface area contributed by atoms with E-state index in [-0.39, 0.29) is 35.5 Å². The van der Waals surface area contributed by atoms with Crippen molar-refractivity contribution in [2.24, 2.45) is 11.8 Å². The van der Waals surface area contributed by atoms with E-state index < -0.39 is 0 Å². The lowest BCUT2D eigenvalue weighted by Gasteiger charge is -2.35. The highest BCUT2D eigenvalue weighted by molar-refractivity contribution is 6.08. The number of likely N-dealkylation sites (N-methyl/N-ethyl adjacent to an activating group) is 1. The lowest BCUT2D eigenvalue weighted by Crippen LogP contribution is -2.45. The van der Waals surface area contributed by atoms with Gasteiger partial charge in [-0.3, -0.25) is 14.4 Å². The van der Waals surface area contributed by atoms with E-state index in [9.17, 15) is 14.4 Å². The minimum Gasteiger partial charge on any atom is -0.342 e. The van der Waals surface area contributed by atoms with E-state index in [1.165, 1.54) is 6.42 Å². The van der Waals surface area contributed by atoms with Crippen LogP contribution in [0.25, 0.3) is 10.9 Å². The summed E-state index contributed by atoms with van der Waals surface area (Å²) in [6.07, 6.45) is 7.86. The van der Waals surface area contributed by atoms with Crippen LogP contribution >= 0.6 is 0 Å². The molecule has 1 aliphatic heterocycles. The molecule has 3 atom stereocenters. The van der Waals surface area contributed by atoms with E-state index in [0.717, 1.165) is 72.8 Å². The van der Waals surface area contributed by atoms with Gasteiger partial charge in [0.1, 0.15) is 5.78 Å². The summed E-state index contributed by atoms with van der Waals surface area (Å²) < 4.78 is 2.24. The number of likely N-dealkylation sites (tertiary alicyclic amines) is 1. The Morgan fingerprint density at radius 3 is 2.44 bits per heavy atom. The molecule has 0 radical (unpaired) electrons. The summed E-state index contributed by atoms with van der Waals surface area (Å²) in [4.78, 5) is 41.6. The Morgan fingerprint density at radius 1 is 1.06 bits per heavy atom. The second-order valence-corrected chi connectivity index (χ2v) is 11.2. The first-order valence-corrected chi connectivity index (χ1v) is 13.8. The van der Waals surface area contributed by atoms with E-state index in [2.05, 4.69) is 39.9 Å². The quantitative estimate of drug-likeness (QED) is 0.487. The molecular weight excluding hydrogens is 450 g/mol. The van der Waals surface area contributed by atoms with Gasteiger partial charge in [0, 0.05) is 53.6 Å². The summed E-state index contributed by atoms with van der Waals surface area (Å²) in [6, 6.07) is 6.14. The molecule has 0 spiro atoms. The third kappa shape index (κ3) is 5.29. The highest BCUT2D eigenvalue weighted by Crippen LogP contribution is 2.36. The van der Waals surface area contributed by atoms with Crippen LogP contribution in [0.5, 0.6) is 0 Å². The topological polar surface area (TPSA) is 71.4 Å². The number of amides is 1. The summed E-state index contributed by atoms with van der Waals surface area (Å²) in [5.41, 5.74) is 3.96. The maximum absolute atomic E-state index is 14.1. The first-order valence-electron chi connectivity index (χ1n) is 13.8. The van der Waals surface area contributed by atoms with Crippen molar-refractivity contribution in [1.29, 1.82) is 0 Å². The molecule has 1 saturated heterocycles. The number of aromatic nitrogens is 1. The van der Waals surface area contributed by atoms with E-state index >= 15 is 0 Å². The fourth-order valence-electron chi connectivity index (χ4n) is 6.56. The van der Waals surface area contributed by atoms with Crippen molar-refractivity contribution in [3.63, 3.8) is 0 Å². The molecule has 1 amide bonds. The summed E-state index contributed by atoms with van der Waals surface area (Å²) >= 11 is 0. The van der Waals surface area contributed by atoms with Gasteiger partial charge >= 0.3 is 0 Å². The van der Waals surface area contributed by atoms with Crippen LogP contribution in [0.15, 0.2) is 18.2 Å². The minimum atomic E-state index is -0.236. The molecular formula is C30H43N3O3. The fourth-order valence-corrected chi connectivity index (χ4v) is 6.56. The number of aryl methyl sites for hydroxylation is 1. The Balaban J connectivity index is 1.62. The van der Waals surface area contributed by atoms with Gasteiger partial charge in [0.05, 0.1) is 6.04 Å². The van der Waals surface area contributed by atoms with Crippen LogP contribution in [-0.4, -0.2) is 52.6 Å². The van der Waals surface area contributed by atoms with Crippen molar-refractivity contribution in [3.8, 4) is 0 Å². The first kappa shape index (κ1) is 26.6. The number of fused-ring (bicyclic) bond motifs is 1. The Hall–Kier alpha value is -2.47. The largest absolute Gasteiger partial charge is 0.342 e. The molecule has 1 aromatic heterocycles. The molecule has 2 aromatic rings. The fraction of sp³-hybridized carbons (Fsp3) is 0.633. The molecule has 6 nitrogen and oxygen atoms in total. The van der Waals surface area contributed by atoms with Crippen LogP contribution in [0, 0.1) is 25.7 Å². The second-order valence-electron chi connectivity index (χ2n) is 11.2. The molecule has 6 heteroatoms. The van der Waals surface area contributed by atoms with Crippen LogP contribution in [-0.2, 0) is 16.1 Å². The van der Waals surface area contributed by atoms with Crippen molar-refractivity contribution in [3.05, 3.63) is 35.0 Å². The first-order chi connectivity index (χ1) is 17.2. The summed E-state index contributed by atoms with van der Waals surface area (Å²) in [6.45, 7) is 9.03. The number of carbonyl (C=O) groups is 3.